The van der Waals surface area contributed by atoms with Crippen molar-refractivity contribution >= 4 is 35.2 Å². The van der Waals surface area contributed by atoms with Gasteiger partial charge >= 0.3 is 0 Å². The maximum Gasteiger partial charge on any atom is 0.223 e. The summed E-state index contributed by atoms with van der Waals surface area (Å²) in [4.78, 5) is 14.6. The van der Waals surface area contributed by atoms with Gasteiger partial charge in [0.1, 0.15) is 11.5 Å². The third-order valence-corrected chi connectivity index (χ3v) is 6.98. The molecule has 1 aliphatic carbocycles. The first kappa shape index (κ1) is 23.5. The fourth-order valence-electron chi connectivity index (χ4n) is 4.04. The van der Waals surface area contributed by atoms with E-state index in [1.807, 2.05) is 54.6 Å². The van der Waals surface area contributed by atoms with Gasteiger partial charge in [-0.25, -0.2) is 9.97 Å². The normalized spacial score (nSPS) is 13.9. The van der Waals surface area contributed by atoms with E-state index < -0.39 is 0 Å². The van der Waals surface area contributed by atoms with Crippen molar-refractivity contribution in [3.05, 3.63) is 84.3 Å². The van der Waals surface area contributed by atoms with Crippen LogP contribution in [0.5, 0.6) is 11.5 Å². The third-order valence-electron chi connectivity index (χ3n) is 5.84. The van der Waals surface area contributed by atoms with E-state index in [1.54, 1.807) is 24.7 Å². The number of pyridine rings is 1. The lowest BCUT2D eigenvalue weighted by Gasteiger charge is -2.22. The number of rotatable bonds is 8. The van der Waals surface area contributed by atoms with Gasteiger partial charge in [0.15, 0.2) is 0 Å². The number of benzene rings is 2. The number of nitrogens with one attached hydrogen (secondary N) is 2. The second-order valence-electron chi connectivity index (χ2n) is 8.38. The van der Waals surface area contributed by atoms with E-state index >= 15 is 0 Å². The van der Waals surface area contributed by atoms with Crippen LogP contribution in [-0.2, 0) is 0 Å². The molecule has 8 heteroatoms. The van der Waals surface area contributed by atoms with Crippen LogP contribution in [0, 0.1) is 0 Å². The van der Waals surface area contributed by atoms with Crippen molar-refractivity contribution in [2.75, 3.05) is 10.0 Å². The molecule has 0 unspecified atom stereocenters. The van der Waals surface area contributed by atoms with Crippen molar-refractivity contribution in [2.45, 2.75) is 43.0 Å². The molecule has 35 heavy (non-hydrogen) atoms. The van der Waals surface area contributed by atoms with Crippen LogP contribution in [0.15, 0.2) is 84.1 Å². The molecule has 0 spiro atoms. The van der Waals surface area contributed by atoms with Crippen molar-refractivity contribution in [3.8, 4) is 22.8 Å². The summed E-state index contributed by atoms with van der Waals surface area (Å²) in [5, 5.41) is 4.06. The Morgan fingerprint density at radius 3 is 2.63 bits per heavy atom. The topological polar surface area (TPSA) is 72.0 Å². The van der Waals surface area contributed by atoms with Gasteiger partial charge in [0.25, 0.3) is 0 Å². The number of aromatic nitrogens is 3. The van der Waals surface area contributed by atoms with E-state index in [9.17, 15) is 0 Å². The molecule has 1 aliphatic rings. The highest BCUT2D eigenvalue weighted by Crippen LogP contribution is 2.36. The number of halogens is 1. The lowest BCUT2D eigenvalue weighted by Crippen LogP contribution is -2.23. The Hall–Kier alpha value is -3.29. The predicted octanol–water partition coefficient (Wildman–Crippen LogP) is 7.85. The minimum Gasteiger partial charge on any atom is -0.456 e. The summed E-state index contributed by atoms with van der Waals surface area (Å²) in [6, 6.07) is 19.8. The summed E-state index contributed by atoms with van der Waals surface area (Å²) >= 11 is 8.04. The molecule has 5 rings (SSSR count). The zero-order valence-corrected chi connectivity index (χ0v) is 20.7. The molecule has 2 heterocycles. The molecular formula is C27H26ClN5OS. The Morgan fingerprint density at radius 1 is 0.943 bits per heavy atom. The maximum absolute atomic E-state index is 6.53. The standard InChI is InChI=1S/C27H26ClN5OS/c28-23-17-20(11-12-25(23)33-35-21-9-5-2-6-10-21)34-26-14-15-29-18-22(26)24-13-16-30-27(32-24)31-19-7-3-1-4-8-19/h2,5-6,9-19,33H,1,3-4,7-8H2,(H,30,31,32). The lowest BCUT2D eigenvalue weighted by atomic mass is 9.96. The number of anilines is 2. The molecule has 0 aliphatic heterocycles. The monoisotopic (exact) mass is 503 g/mol. The first-order valence-corrected chi connectivity index (χ1v) is 12.9. The van der Waals surface area contributed by atoms with Crippen LogP contribution in [0.1, 0.15) is 32.1 Å². The quantitative estimate of drug-likeness (QED) is 0.237. The number of hydrogen-bond donors (Lipinski definition) is 2. The number of nitrogens with zero attached hydrogens (tertiary/aromatic N) is 3. The van der Waals surface area contributed by atoms with Crippen LogP contribution in [0.25, 0.3) is 11.3 Å². The minimum absolute atomic E-state index is 0.429. The summed E-state index contributed by atoms with van der Waals surface area (Å²) in [6.07, 6.45) is 11.4. The number of ether oxygens (including phenoxy) is 1. The molecular weight excluding hydrogens is 478 g/mol. The smallest absolute Gasteiger partial charge is 0.223 e. The summed E-state index contributed by atoms with van der Waals surface area (Å²) in [5.41, 5.74) is 2.36. The van der Waals surface area contributed by atoms with Crippen LogP contribution in [0.3, 0.4) is 0 Å². The SMILES string of the molecule is Clc1cc(Oc2ccncc2-c2ccnc(NC3CCCCC3)n2)ccc1NSc1ccccc1. The molecule has 0 saturated heterocycles. The van der Waals surface area contributed by atoms with E-state index in [0.29, 0.717) is 28.5 Å². The Balaban J connectivity index is 1.30. The molecule has 1 saturated carbocycles. The van der Waals surface area contributed by atoms with E-state index in [1.165, 1.54) is 31.2 Å². The van der Waals surface area contributed by atoms with Gasteiger partial charge in [0, 0.05) is 35.6 Å². The Morgan fingerprint density at radius 2 is 1.80 bits per heavy atom. The van der Waals surface area contributed by atoms with Crippen molar-refractivity contribution in [1.82, 2.24) is 15.0 Å². The first-order chi connectivity index (χ1) is 17.2. The van der Waals surface area contributed by atoms with Gasteiger partial charge in [-0.05, 0) is 61.2 Å². The summed E-state index contributed by atoms with van der Waals surface area (Å²) in [7, 11) is 0. The zero-order chi connectivity index (χ0) is 23.9. The van der Waals surface area contributed by atoms with E-state index in [2.05, 4.69) is 20.0 Å². The number of hydrogen-bond acceptors (Lipinski definition) is 7. The molecule has 6 nitrogen and oxygen atoms in total. The van der Waals surface area contributed by atoms with Crippen LogP contribution in [-0.4, -0.2) is 21.0 Å². The molecule has 178 valence electrons. The van der Waals surface area contributed by atoms with Crippen molar-refractivity contribution in [2.24, 2.45) is 0 Å². The molecule has 0 bridgehead atoms. The van der Waals surface area contributed by atoms with E-state index in [-0.39, 0.29) is 0 Å². The largest absolute Gasteiger partial charge is 0.456 e. The summed E-state index contributed by atoms with van der Waals surface area (Å²) < 4.78 is 9.50. The third kappa shape index (κ3) is 6.24. The van der Waals surface area contributed by atoms with Gasteiger partial charge in [-0.15, -0.1) is 0 Å². The summed E-state index contributed by atoms with van der Waals surface area (Å²) in [5.74, 6) is 1.92. The molecule has 1 fully saturated rings. The van der Waals surface area contributed by atoms with Crippen LogP contribution >= 0.6 is 23.5 Å². The van der Waals surface area contributed by atoms with Crippen molar-refractivity contribution in [1.29, 1.82) is 0 Å². The fourth-order valence-corrected chi connectivity index (χ4v) is 5.02. The summed E-state index contributed by atoms with van der Waals surface area (Å²) in [6.45, 7) is 0. The molecule has 2 aromatic carbocycles. The molecule has 0 atom stereocenters. The molecule has 0 amide bonds. The molecule has 2 aromatic heterocycles. The second kappa shape index (κ2) is 11.4. The lowest BCUT2D eigenvalue weighted by molar-refractivity contribution is 0.461. The van der Waals surface area contributed by atoms with Gasteiger partial charge in [-0.3, -0.25) is 4.98 Å². The van der Waals surface area contributed by atoms with Crippen LogP contribution in [0.2, 0.25) is 5.02 Å². The van der Waals surface area contributed by atoms with Crippen molar-refractivity contribution in [3.63, 3.8) is 0 Å². The Labute approximate surface area is 214 Å². The molecule has 4 aromatic rings. The maximum atomic E-state index is 6.53. The average Bonchev–Trinajstić information content (AvgIpc) is 2.90. The predicted molar refractivity (Wildman–Crippen MR) is 143 cm³/mol. The van der Waals surface area contributed by atoms with Gasteiger partial charge in [-0.1, -0.05) is 49.1 Å². The zero-order valence-electron chi connectivity index (χ0n) is 19.2. The minimum atomic E-state index is 0.429. The Kier molecular flexibility index (Phi) is 7.66. The van der Waals surface area contributed by atoms with E-state index in [4.69, 9.17) is 21.3 Å². The highest BCUT2D eigenvalue weighted by molar-refractivity contribution is 8.00. The van der Waals surface area contributed by atoms with Gasteiger partial charge < -0.3 is 14.8 Å². The molecule has 0 radical (unpaired) electrons. The van der Waals surface area contributed by atoms with Crippen molar-refractivity contribution < 1.29 is 4.74 Å². The fraction of sp³-hybridized carbons (Fsp3) is 0.222. The first-order valence-electron chi connectivity index (χ1n) is 11.7. The van der Waals surface area contributed by atoms with Crippen LogP contribution in [0.4, 0.5) is 11.6 Å². The second-order valence-corrected chi connectivity index (χ2v) is 9.66. The average molecular weight is 504 g/mol. The van der Waals surface area contributed by atoms with E-state index in [0.717, 1.165) is 34.7 Å². The Bertz CT molecular complexity index is 1270. The highest BCUT2D eigenvalue weighted by Gasteiger charge is 2.16. The molecule has 2 N–H and O–H groups in total. The van der Waals surface area contributed by atoms with Crippen LogP contribution < -0.4 is 14.8 Å². The van der Waals surface area contributed by atoms with Gasteiger partial charge in [0.05, 0.1) is 22.0 Å². The highest BCUT2D eigenvalue weighted by atomic mass is 35.5. The van der Waals surface area contributed by atoms with Gasteiger partial charge in [0.2, 0.25) is 5.95 Å². The van der Waals surface area contributed by atoms with Gasteiger partial charge in [-0.2, -0.15) is 0 Å².